The molecule has 1 N–H and O–H groups in total. The summed E-state index contributed by atoms with van der Waals surface area (Å²) in [4.78, 5) is 20.8. The van der Waals surface area contributed by atoms with E-state index in [0.29, 0.717) is 35.0 Å². The first kappa shape index (κ1) is 63.1. The number of aliphatic hydroxyl groups excluding tert-OH is 1. The van der Waals surface area contributed by atoms with Gasteiger partial charge in [0.1, 0.15) is 17.7 Å². The van der Waals surface area contributed by atoms with Crippen molar-refractivity contribution >= 4 is 29.0 Å². The van der Waals surface area contributed by atoms with E-state index in [0.717, 1.165) is 25.2 Å². The minimum absolute atomic E-state index is 0.0120. The molecule has 0 amide bonds. The van der Waals surface area contributed by atoms with Crippen LogP contribution in [0.3, 0.4) is 0 Å². The lowest BCUT2D eigenvalue weighted by Gasteiger charge is -2.28. The Kier molecular flexibility index (Phi) is 38.7. The number of nitrogens with zero attached hydrogens (tertiary/aromatic N) is 2. The van der Waals surface area contributed by atoms with Gasteiger partial charge in [-0.15, -0.1) is 0 Å². The van der Waals surface area contributed by atoms with Gasteiger partial charge in [-0.05, 0) is 37.5 Å². The highest BCUT2D eigenvalue weighted by Gasteiger charge is 2.39. The van der Waals surface area contributed by atoms with E-state index >= 15 is 0 Å². The number of hydrogen-bond donors (Lipinski definition) is 1. The van der Waals surface area contributed by atoms with Crippen LogP contribution in [0.5, 0.6) is 5.75 Å². The summed E-state index contributed by atoms with van der Waals surface area (Å²) in [6.07, 6.45) is 65.0. The number of anilines is 1. The number of aliphatic hydroxyl groups is 1. The molecule has 0 bridgehead atoms. The number of benzene rings is 1. The third-order valence-electron chi connectivity index (χ3n) is 15.6. The van der Waals surface area contributed by atoms with E-state index in [4.69, 9.17) is 9.16 Å². The zero-order valence-electron chi connectivity index (χ0n) is 47.8. The van der Waals surface area contributed by atoms with Gasteiger partial charge in [0, 0.05) is 42.9 Å². The minimum atomic E-state index is -0.199. The van der Waals surface area contributed by atoms with Crippen LogP contribution in [0.4, 0.5) is 5.69 Å². The van der Waals surface area contributed by atoms with E-state index in [2.05, 4.69) is 42.8 Å². The summed E-state index contributed by atoms with van der Waals surface area (Å²) < 4.78 is 12.0. The van der Waals surface area contributed by atoms with Gasteiger partial charge in [0.2, 0.25) is 5.78 Å². The number of dihydropyridines is 1. The minimum Gasteiger partial charge on any atom is -0.506 e. The molecule has 6 nitrogen and oxygen atoms in total. The zero-order chi connectivity index (χ0) is 51.4. The first-order chi connectivity index (χ1) is 35.5. The summed E-state index contributed by atoms with van der Waals surface area (Å²) in [6, 6.07) is 6.18. The smallest absolute Gasteiger partial charge is 0.361 e. The quantitative estimate of drug-likeness (QED) is 0.0401. The molecule has 1 aromatic carbocycles. The number of hydrogen-bond acceptors (Lipinski definition) is 5. The Morgan fingerprint density at radius 2 is 0.833 bits per heavy atom. The predicted octanol–water partition coefficient (Wildman–Crippen LogP) is 20.6. The maximum Gasteiger partial charge on any atom is 0.361 e. The summed E-state index contributed by atoms with van der Waals surface area (Å²) in [5.74, 6) is 1.11. The number of allylic oxidation sites excluding steroid dienone is 4. The van der Waals surface area contributed by atoms with Crippen LogP contribution in [0.2, 0.25) is 0 Å². The molecule has 3 rings (SSSR count). The van der Waals surface area contributed by atoms with Crippen molar-refractivity contribution in [2.45, 2.75) is 303 Å². The topological polar surface area (TPSA) is 73.4 Å². The van der Waals surface area contributed by atoms with Crippen molar-refractivity contribution in [2.24, 2.45) is 4.99 Å². The van der Waals surface area contributed by atoms with Gasteiger partial charge in [-0.2, -0.15) is 0 Å². The Hall–Kier alpha value is -3.15. The number of carbonyl (C=O) groups excluding carboxylic acids is 2. The molecule has 1 heterocycles. The number of carbonyl (C=O) groups is 1. The van der Waals surface area contributed by atoms with E-state index < -0.39 is 0 Å². The van der Waals surface area contributed by atoms with Crippen molar-refractivity contribution in [1.29, 1.82) is 0 Å². The molecule has 0 atom stereocenters. The lowest BCUT2D eigenvalue weighted by Crippen LogP contribution is -2.26. The van der Waals surface area contributed by atoms with E-state index in [1.54, 1.807) is 19.4 Å². The second kappa shape index (κ2) is 44.2. The monoisotopic (exact) mass is 998 g/mol. The Morgan fingerprint density at radius 3 is 1.17 bits per heavy atom. The second-order valence-corrected chi connectivity index (χ2v) is 22.0. The van der Waals surface area contributed by atoms with Gasteiger partial charge in [0.25, 0.3) is 6.61 Å². The van der Waals surface area contributed by atoms with Gasteiger partial charge in [-0.25, -0.2) is 4.99 Å². The Bertz CT molecular complexity index is 1620. The Labute approximate surface area is 444 Å². The highest BCUT2D eigenvalue weighted by Crippen LogP contribution is 2.43. The van der Waals surface area contributed by atoms with Crippen LogP contribution < -0.4 is 9.64 Å². The molecule has 1 aliphatic heterocycles. The molecule has 0 spiro atoms. The van der Waals surface area contributed by atoms with Crippen LogP contribution >= 0.6 is 0 Å². The number of aliphatic imine (C=N–C) groups is 1. The molecular weight excluding hydrogens is 885 g/mol. The van der Waals surface area contributed by atoms with Crippen LogP contribution in [-0.2, 0) is 9.22 Å². The number of rotatable bonds is 50. The number of methoxy groups -OCH3 is 1. The number of Topliss-reactive ketones (excluding diaryl/α,β-unsaturated/α-hetero) is 1. The van der Waals surface area contributed by atoms with Crippen molar-refractivity contribution in [2.75, 3.05) is 31.7 Å². The second-order valence-electron chi connectivity index (χ2n) is 22.0. The SMILES string of the molecule is CCCCCCCCCCCCCCCCCC/[O+]=C1C=C/C(=C2/C(=O)C(c3ccc(N(CCCCCCCCCCCCCCCC)CCCCCCCCCCCCCCCC)cc3OC)=C2O)N=C\1. The lowest BCUT2D eigenvalue weighted by molar-refractivity contribution is -0.454. The first-order valence-corrected chi connectivity index (χ1v) is 31.4. The fourth-order valence-corrected chi connectivity index (χ4v) is 10.8. The van der Waals surface area contributed by atoms with Crippen LogP contribution in [0.1, 0.15) is 309 Å². The fraction of sp³-hybridized carbons (Fsp3) is 0.773. The van der Waals surface area contributed by atoms with E-state index in [1.165, 1.54) is 276 Å². The molecule has 0 radical (unpaired) electrons. The summed E-state index contributed by atoms with van der Waals surface area (Å²) in [5, 5.41) is 11.4. The molecule has 6 heteroatoms. The molecule has 0 saturated heterocycles. The third-order valence-corrected chi connectivity index (χ3v) is 15.6. The van der Waals surface area contributed by atoms with Crippen molar-refractivity contribution in [3.63, 3.8) is 0 Å². The van der Waals surface area contributed by atoms with Gasteiger partial charge >= 0.3 is 5.78 Å². The van der Waals surface area contributed by atoms with E-state index in [1.807, 2.05) is 12.1 Å². The van der Waals surface area contributed by atoms with Crippen molar-refractivity contribution in [3.8, 4) is 5.75 Å². The molecule has 0 aromatic heterocycles. The van der Waals surface area contributed by atoms with Crippen LogP contribution in [0.25, 0.3) is 5.57 Å². The number of unbranched alkanes of at least 4 members (excludes halogenated alkanes) is 41. The molecule has 410 valence electrons. The normalized spacial score (nSPS) is 15.1. The van der Waals surface area contributed by atoms with E-state index in [9.17, 15) is 9.90 Å². The van der Waals surface area contributed by atoms with Gasteiger partial charge in [-0.3, -0.25) is 9.22 Å². The Morgan fingerprint density at radius 1 is 0.472 bits per heavy atom. The molecular formula is C66H113N2O4+. The summed E-state index contributed by atoms with van der Waals surface area (Å²) in [6.45, 7) is 9.59. The molecule has 2 aliphatic rings. The zero-order valence-corrected chi connectivity index (χ0v) is 47.8. The Balaban J connectivity index is 1.44. The summed E-state index contributed by atoms with van der Waals surface area (Å²) in [5.41, 5.74) is 2.81. The van der Waals surface area contributed by atoms with Gasteiger partial charge in [0.15, 0.2) is 0 Å². The number of ether oxygens (including phenoxy) is 1. The first-order valence-electron chi connectivity index (χ1n) is 31.4. The van der Waals surface area contributed by atoms with Crippen LogP contribution in [0.15, 0.2) is 52.4 Å². The standard InChI is InChI=1S/C66H112N2O4/c1-5-8-11-14-17-20-23-26-29-30-33-36-39-42-45-48-55-72-59-50-52-61(67-57-59)64-65(69)63(66(64)70)60-51-49-58(56-62(60)71-4)68(53-46-43-40-37-34-31-27-24-21-18-15-12-9-6-2)54-47-44-41-38-35-32-28-25-22-19-16-13-10-7-3/h49-52,56-57H,5-48,53-55H2,1-4H3/p+1. The maximum absolute atomic E-state index is 13.7. The van der Waals surface area contributed by atoms with Crippen molar-refractivity contribution in [1.82, 2.24) is 0 Å². The summed E-state index contributed by atoms with van der Waals surface area (Å²) >= 11 is 0. The molecule has 0 fully saturated rings. The highest BCUT2D eigenvalue weighted by molar-refractivity contribution is 6.40. The van der Waals surface area contributed by atoms with Gasteiger partial charge in [0.05, 0.1) is 24.0 Å². The molecule has 1 aromatic rings. The summed E-state index contributed by atoms with van der Waals surface area (Å²) in [7, 11) is 1.67. The molecule has 1 aliphatic carbocycles. The van der Waals surface area contributed by atoms with Gasteiger partial charge in [-0.1, -0.05) is 278 Å². The maximum atomic E-state index is 13.7. The lowest BCUT2D eigenvalue weighted by atomic mass is 9.81. The highest BCUT2D eigenvalue weighted by atomic mass is 16.5. The van der Waals surface area contributed by atoms with Crippen LogP contribution in [-0.4, -0.2) is 49.7 Å². The van der Waals surface area contributed by atoms with Crippen LogP contribution in [0, 0.1) is 0 Å². The van der Waals surface area contributed by atoms with Crippen molar-refractivity contribution < 1.29 is 19.1 Å². The fourth-order valence-electron chi connectivity index (χ4n) is 10.8. The average molecular weight is 999 g/mol. The molecule has 0 unspecified atom stereocenters. The molecule has 0 saturated carbocycles. The average Bonchev–Trinajstić information content (AvgIpc) is 3.39. The number of ketones is 2. The molecule has 72 heavy (non-hydrogen) atoms. The van der Waals surface area contributed by atoms with Gasteiger partial charge < -0.3 is 14.7 Å². The van der Waals surface area contributed by atoms with Crippen molar-refractivity contribution in [3.05, 3.63) is 52.9 Å². The third kappa shape index (κ3) is 28.5. The van der Waals surface area contributed by atoms with E-state index in [-0.39, 0.29) is 17.1 Å². The predicted molar refractivity (Wildman–Crippen MR) is 314 cm³/mol. The largest absolute Gasteiger partial charge is 0.506 e.